The van der Waals surface area contributed by atoms with Crippen LogP contribution in [0.1, 0.15) is 11.1 Å². The molecule has 23 heavy (non-hydrogen) atoms. The standard InChI is InChI=1S/C14H13F3N4OS/c1-2-6-21-13(23-20-19-21)18-9-12(22)8-10-4-3-5-11(7-10)14(15,16)17/h2-5,7H,1,6,8-9H2/p+1. The minimum atomic E-state index is -4.41. The normalized spacial score (nSPS) is 11.3. The topological polar surface area (TPSA) is 58.8 Å². The maximum atomic E-state index is 12.6. The van der Waals surface area contributed by atoms with Crippen LogP contribution in [-0.4, -0.2) is 22.0 Å². The first-order chi connectivity index (χ1) is 10.9. The number of Topliss-reactive ketones (excluding diaryl/α,β-unsaturated/α-hetero) is 1. The summed E-state index contributed by atoms with van der Waals surface area (Å²) in [6.45, 7) is 4.01. The van der Waals surface area contributed by atoms with E-state index in [1.54, 1.807) is 6.08 Å². The van der Waals surface area contributed by atoms with Gasteiger partial charge in [0.1, 0.15) is 13.1 Å². The molecule has 1 heterocycles. The van der Waals surface area contributed by atoms with Crippen molar-refractivity contribution in [1.82, 2.24) is 9.70 Å². The quantitative estimate of drug-likeness (QED) is 0.619. The molecule has 1 aromatic heterocycles. The second-order valence-electron chi connectivity index (χ2n) is 4.71. The van der Waals surface area contributed by atoms with E-state index in [1.165, 1.54) is 16.8 Å². The largest absolute Gasteiger partial charge is 0.416 e. The molecule has 1 aromatic carbocycles. The van der Waals surface area contributed by atoms with Gasteiger partial charge in [-0.2, -0.15) is 13.2 Å². The highest BCUT2D eigenvalue weighted by Gasteiger charge is 2.30. The van der Waals surface area contributed by atoms with Crippen molar-refractivity contribution in [3.63, 3.8) is 0 Å². The van der Waals surface area contributed by atoms with E-state index in [4.69, 9.17) is 0 Å². The molecule has 0 aliphatic rings. The maximum Gasteiger partial charge on any atom is 0.416 e. The Bertz CT molecular complexity index is 699. The zero-order valence-electron chi connectivity index (χ0n) is 12.0. The van der Waals surface area contributed by atoms with Crippen LogP contribution in [0.2, 0.25) is 0 Å². The first-order valence-corrected chi connectivity index (χ1v) is 7.42. The van der Waals surface area contributed by atoms with Gasteiger partial charge in [-0.1, -0.05) is 30.9 Å². The number of benzene rings is 1. The van der Waals surface area contributed by atoms with Crippen LogP contribution in [0.3, 0.4) is 0 Å². The van der Waals surface area contributed by atoms with Crippen molar-refractivity contribution in [2.75, 3.05) is 11.9 Å². The fourth-order valence-corrected chi connectivity index (χ4v) is 2.42. The summed E-state index contributed by atoms with van der Waals surface area (Å²) >= 11 is 1.09. The number of hydrogen-bond donors (Lipinski definition) is 1. The van der Waals surface area contributed by atoms with Crippen molar-refractivity contribution in [3.05, 3.63) is 48.0 Å². The second kappa shape index (κ2) is 7.32. The van der Waals surface area contributed by atoms with Crippen LogP contribution < -0.4 is 10.00 Å². The predicted molar refractivity (Wildman–Crippen MR) is 78.9 cm³/mol. The molecule has 0 unspecified atom stereocenters. The summed E-state index contributed by atoms with van der Waals surface area (Å²) in [5.41, 5.74) is -0.431. The molecule has 5 nitrogen and oxygen atoms in total. The molecule has 0 aliphatic carbocycles. The Hall–Kier alpha value is -2.29. The average molecular weight is 343 g/mol. The SMILES string of the molecule is C=CC[n+]1nnsc1NCC(=O)Cc1cccc(C(F)(F)F)c1. The molecule has 0 saturated heterocycles. The summed E-state index contributed by atoms with van der Waals surface area (Å²) in [7, 11) is 0. The van der Waals surface area contributed by atoms with E-state index in [0.717, 1.165) is 23.7 Å². The van der Waals surface area contributed by atoms with E-state index in [2.05, 4.69) is 21.6 Å². The number of alkyl halides is 3. The van der Waals surface area contributed by atoms with Gasteiger partial charge in [0.25, 0.3) is 0 Å². The van der Waals surface area contributed by atoms with E-state index in [-0.39, 0.29) is 18.7 Å². The number of hydrogen-bond acceptors (Lipinski definition) is 5. The summed E-state index contributed by atoms with van der Waals surface area (Å²) < 4.78 is 43.2. The molecule has 2 aromatic rings. The second-order valence-corrected chi connectivity index (χ2v) is 5.44. The van der Waals surface area contributed by atoms with E-state index in [0.29, 0.717) is 17.2 Å². The number of anilines is 1. The Labute approximate surface area is 134 Å². The zero-order chi connectivity index (χ0) is 16.9. The molecule has 0 aliphatic heterocycles. The number of nitrogens with zero attached hydrogens (tertiary/aromatic N) is 3. The van der Waals surface area contributed by atoms with Gasteiger partial charge < -0.3 is 0 Å². The van der Waals surface area contributed by atoms with Gasteiger partial charge in [0.2, 0.25) is 0 Å². The molecule has 0 atom stereocenters. The molecule has 9 heteroatoms. The van der Waals surface area contributed by atoms with Crippen molar-refractivity contribution in [2.24, 2.45) is 0 Å². The molecular formula is C14H14F3N4OS+. The molecule has 0 amide bonds. The number of aromatic nitrogens is 3. The van der Waals surface area contributed by atoms with Crippen LogP contribution in [0.25, 0.3) is 0 Å². The van der Waals surface area contributed by atoms with Gasteiger partial charge in [-0.3, -0.25) is 10.1 Å². The summed E-state index contributed by atoms with van der Waals surface area (Å²) in [6, 6.07) is 4.76. The Kier molecular flexibility index (Phi) is 5.43. The van der Waals surface area contributed by atoms with Crippen molar-refractivity contribution in [3.8, 4) is 0 Å². The van der Waals surface area contributed by atoms with Gasteiger partial charge in [-0.05, 0) is 11.6 Å². The van der Waals surface area contributed by atoms with E-state index < -0.39 is 11.7 Å². The van der Waals surface area contributed by atoms with Gasteiger partial charge in [0.15, 0.2) is 17.3 Å². The van der Waals surface area contributed by atoms with E-state index >= 15 is 0 Å². The van der Waals surface area contributed by atoms with Crippen LogP contribution in [0.5, 0.6) is 0 Å². The molecule has 2 rings (SSSR count). The average Bonchev–Trinajstić information content (AvgIpc) is 2.92. The third-order valence-electron chi connectivity index (χ3n) is 2.90. The summed E-state index contributed by atoms with van der Waals surface area (Å²) in [5, 5.41) is 7.29. The lowest BCUT2D eigenvalue weighted by Crippen LogP contribution is -2.38. The van der Waals surface area contributed by atoms with Crippen molar-refractivity contribution < 1.29 is 22.6 Å². The van der Waals surface area contributed by atoms with Crippen molar-refractivity contribution >= 4 is 22.4 Å². The highest BCUT2D eigenvalue weighted by molar-refractivity contribution is 7.08. The number of ketones is 1. The molecular weight excluding hydrogens is 329 g/mol. The number of allylic oxidation sites excluding steroid dienone is 1. The molecule has 1 N–H and O–H groups in total. The van der Waals surface area contributed by atoms with Crippen LogP contribution in [0.4, 0.5) is 18.3 Å². The number of nitrogens with one attached hydrogen (secondary N) is 1. The van der Waals surface area contributed by atoms with Gasteiger partial charge >= 0.3 is 11.3 Å². The number of rotatable bonds is 7. The van der Waals surface area contributed by atoms with Crippen LogP contribution in [0, 0.1) is 0 Å². The summed E-state index contributed by atoms with van der Waals surface area (Å²) in [6.07, 6.45) is -2.86. The van der Waals surface area contributed by atoms with Crippen LogP contribution >= 0.6 is 11.5 Å². The highest BCUT2D eigenvalue weighted by atomic mass is 32.1. The van der Waals surface area contributed by atoms with Gasteiger partial charge in [-0.25, -0.2) is 0 Å². The lowest BCUT2D eigenvalue weighted by Gasteiger charge is -2.08. The van der Waals surface area contributed by atoms with Gasteiger partial charge in [0, 0.05) is 6.42 Å². The lowest BCUT2D eigenvalue weighted by molar-refractivity contribution is -0.731. The fourth-order valence-electron chi connectivity index (χ4n) is 1.88. The van der Waals surface area contributed by atoms with E-state index in [1.807, 2.05) is 0 Å². The summed E-state index contributed by atoms with van der Waals surface area (Å²) in [5.74, 6) is -0.233. The van der Waals surface area contributed by atoms with Crippen LogP contribution in [0.15, 0.2) is 36.9 Å². The minimum Gasteiger partial charge on any atom is -0.296 e. The maximum absolute atomic E-state index is 12.6. The molecule has 0 bridgehead atoms. The van der Waals surface area contributed by atoms with Crippen molar-refractivity contribution in [2.45, 2.75) is 19.1 Å². The fraction of sp³-hybridized carbons (Fsp3) is 0.286. The molecule has 122 valence electrons. The minimum absolute atomic E-state index is 0.0166. The lowest BCUT2D eigenvalue weighted by atomic mass is 10.1. The third-order valence-corrected chi connectivity index (χ3v) is 3.58. The molecule has 0 saturated carbocycles. The van der Waals surface area contributed by atoms with Crippen molar-refractivity contribution in [1.29, 1.82) is 0 Å². The number of carbonyl (C=O) groups excluding carboxylic acids is 1. The van der Waals surface area contributed by atoms with Crippen LogP contribution in [-0.2, 0) is 23.9 Å². The Morgan fingerprint density at radius 2 is 2.22 bits per heavy atom. The highest BCUT2D eigenvalue weighted by Crippen LogP contribution is 2.29. The molecule has 0 fully saturated rings. The predicted octanol–water partition coefficient (Wildman–Crippen LogP) is 2.25. The third kappa shape index (κ3) is 4.85. The monoisotopic (exact) mass is 343 g/mol. The first kappa shape index (κ1) is 17.1. The number of carbonyl (C=O) groups is 1. The smallest absolute Gasteiger partial charge is 0.296 e. The van der Waals surface area contributed by atoms with E-state index in [9.17, 15) is 18.0 Å². The summed E-state index contributed by atoms with van der Waals surface area (Å²) in [4.78, 5) is 11.9. The Morgan fingerprint density at radius 3 is 2.91 bits per heavy atom. The van der Waals surface area contributed by atoms with Gasteiger partial charge in [-0.15, -0.1) is 4.68 Å². The Morgan fingerprint density at radius 1 is 1.43 bits per heavy atom. The molecule has 0 spiro atoms. The first-order valence-electron chi connectivity index (χ1n) is 6.65. The number of halogens is 3. The zero-order valence-corrected chi connectivity index (χ0v) is 12.8. The van der Waals surface area contributed by atoms with Gasteiger partial charge in [0.05, 0.1) is 15.3 Å². The molecule has 0 radical (unpaired) electrons. The Balaban J connectivity index is 1.95.